The number of nitrogens with one attached hydrogen (secondary N) is 1. The first kappa shape index (κ1) is 16.5. The molecule has 8 heteroatoms. The lowest BCUT2D eigenvalue weighted by molar-refractivity contribution is -0.137. The van der Waals surface area contributed by atoms with Gasteiger partial charge in [-0.1, -0.05) is 0 Å². The van der Waals surface area contributed by atoms with E-state index in [0.29, 0.717) is 6.42 Å². The van der Waals surface area contributed by atoms with Crippen molar-refractivity contribution in [2.75, 3.05) is 20.1 Å². The molecule has 0 spiro atoms. The van der Waals surface area contributed by atoms with Gasteiger partial charge in [0.25, 0.3) is 0 Å². The first-order chi connectivity index (χ1) is 8.22. The molecule has 2 N–H and O–H groups in total. The Morgan fingerprint density at radius 1 is 1.28 bits per heavy atom. The van der Waals surface area contributed by atoms with Gasteiger partial charge in [0.05, 0.1) is 0 Å². The predicted octanol–water partition coefficient (Wildman–Crippen LogP) is 1.84. The van der Waals surface area contributed by atoms with Gasteiger partial charge in [-0.3, -0.25) is 4.79 Å². The van der Waals surface area contributed by atoms with Gasteiger partial charge in [-0.15, -0.1) is 0 Å². The number of carboxylic acids is 1. The van der Waals surface area contributed by atoms with Crippen LogP contribution >= 0.6 is 0 Å². The van der Waals surface area contributed by atoms with E-state index >= 15 is 0 Å². The van der Waals surface area contributed by atoms with E-state index in [0.717, 1.165) is 0 Å². The quantitative estimate of drug-likeness (QED) is 0.693. The molecule has 106 valence electrons. The Morgan fingerprint density at radius 2 is 1.89 bits per heavy atom. The van der Waals surface area contributed by atoms with Crippen molar-refractivity contribution in [2.45, 2.75) is 31.9 Å². The highest BCUT2D eigenvalue weighted by Gasteiger charge is 2.26. The number of aliphatic carboxylic acids is 1. The maximum atomic E-state index is 11.8. The molecule has 0 atom stereocenters. The zero-order chi connectivity index (χ0) is 14.2. The van der Waals surface area contributed by atoms with E-state index in [1.807, 2.05) is 0 Å². The molecular formula is C10H17F3N2O3. The second kappa shape index (κ2) is 7.78. The maximum absolute atomic E-state index is 11.8. The van der Waals surface area contributed by atoms with Crippen molar-refractivity contribution in [1.82, 2.24) is 10.2 Å². The molecule has 0 rings (SSSR count). The summed E-state index contributed by atoms with van der Waals surface area (Å²) in [6.45, 7) is 0.193. The summed E-state index contributed by atoms with van der Waals surface area (Å²) < 4.78 is 35.4. The number of carbonyl (C=O) groups excluding carboxylic acids is 1. The van der Waals surface area contributed by atoms with Crippen molar-refractivity contribution < 1.29 is 27.9 Å². The Bertz CT molecular complexity index is 282. The summed E-state index contributed by atoms with van der Waals surface area (Å²) >= 11 is 0. The molecule has 0 aromatic heterocycles. The van der Waals surface area contributed by atoms with Crippen molar-refractivity contribution in [3.63, 3.8) is 0 Å². The third kappa shape index (κ3) is 9.73. The molecule has 0 heterocycles. The van der Waals surface area contributed by atoms with Crippen molar-refractivity contribution in [3.05, 3.63) is 0 Å². The number of rotatable bonds is 7. The Balaban J connectivity index is 3.65. The number of hydrogen-bond donors (Lipinski definition) is 2. The molecule has 2 amide bonds. The average Bonchev–Trinajstić information content (AvgIpc) is 2.22. The Kier molecular flexibility index (Phi) is 7.14. The van der Waals surface area contributed by atoms with E-state index in [1.54, 1.807) is 0 Å². The first-order valence-electron chi connectivity index (χ1n) is 5.50. The Morgan fingerprint density at radius 3 is 2.39 bits per heavy atom. The highest BCUT2D eigenvalue weighted by atomic mass is 19.4. The van der Waals surface area contributed by atoms with Crippen LogP contribution in [0.25, 0.3) is 0 Å². The fraction of sp³-hybridized carbons (Fsp3) is 0.800. The van der Waals surface area contributed by atoms with Crippen LogP contribution in [0.3, 0.4) is 0 Å². The predicted molar refractivity (Wildman–Crippen MR) is 58.2 cm³/mol. The van der Waals surface area contributed by atoms with Gasteiger partial charge in [-0.05, 0) is 12.8 Å². The Hall–Kier alpha value is -1.47. The summed E-state index contributed by atoms with van der Waals surface area (Å²) in [5.74, 6) is -0.950. The van der Waals surface area contributed by atoms with Crippen LogP contribution in [0.1, 0.15) is 25.7 Å². The van der Waals surface area contributed by atoms with Crippen molar-refractivity contribution in [3.8, 4) is 0 Å². The van der Waals surface area contributed by atoms with Crippen LogP contribution in [0.2, 0.25) is 0 Å². The molecule has 0 bridgehead atoms. The molecule has 0 aliphatic heterocycles. The van der Waals surface area contributed by atoms with E-state index in [-0.39, 0.29) is 25.9 Å². The van der Waals surface area contributed by atoms with Crippen molar-refractivity contribution in [2.24, 2.45) is 0 Å². The minimum atomic E-state index is -4.21. The molecule has 0 saturated heterocycles. The number of halogens is 3. The molecule has 0 aromatic carbocycles. The minimum Gasteiger partial charge on any atom is -0.481 e. The number of amides is 2. The van der Waals surface area contributed by atoms with E-state index < -0.39 is 24.6 Å². The Labute approximate surface area is 103 Å². The van der Waals surface area contributed by atoms with Gasteiger partial charge in [-0.25, -0.2) is 4.79 Å². The van der Waals surface area contributed by atoms with Gasteiger partial charge in [0, 0.05) is 33.0 Å². The van der Waals surface area contributed by atoms with Gasteiger partial charge in [0.2, 0.25) is 0 Å². The number of carbonyl (C=O) groups is 2. The summed E-state index contributed by atoms with van der Waals surface area (Å²) in [6, 6.07) is -0.498. The number of alkyl halides is 3. The lowest BCUT2D eigenvalue weighted by atomic mass is 10.3. The number of carboxylic acid groups (broad SMARTS) is 1. The van der Waals surface area contributed by atoms with E-state index in [2.05, 4.69) is 5.32 Å². The van der Waals surface area contributed by atoms with Crippen LogP contribution in [0.4, 0.5) is 18.0 Å². The number of hydrogen-bond acceptors (Lipinski definition) is 2. The molecule has 0 radical (unpaired) electrons. The smallest absolute Gasteiger partial charge is 0.389 e. The van der Waals surface area contributed by atoms with Crippen LogP contribution in [-0.4, -0.2) is 48.3 Å². The summed E-state index contributed by atoms with van der Waals surface area (Å²) in [4.78, 5) is 22.8. The topological polar surface area (TPSA) is 69.6 Å². The van der Waals surface area contributed by atoms with Gasteiger partial charge in [0.1, 0.15) is 0 Å². The SMILES string of the molecule is CN(CCCC(=O)O)C(=O)NCCCC(F)(F)F. The number of urea groups is 1. The average molecular weight is 270 g/mol. The largest absolute Gasteiger partial charge is 0.481 e. The standard InChI is InChI=1S/C10H17F3N2O3/c1-15(7-2-4-8(16)17)9(18)14-6-3-5-10(11,12)13/h2-7H2,1H3,(H,14,18)(H,16,17). The van der Waals surface area contributed by atoms with Crippen LogP contribution in [0.15, 0.2) is 0 Å². The molecule has 0 saturated carbocycles. The molecule has 18 heavy (non-hydrogen) atoms. The zero-order valence-electron chi connectivity index (χ0n) is 10.1. The zero-order valence-corrected chi connectivity index (χ0v) is 10.1. The summed E-state index contributed by atoms with van der Waals surface area (Å²) in [5, 5.41) is 10.7. The van der Waals surface area contributed by atoms with Crippen molar-refractivity contribution >= 4 is 12.0 Å². The summed E-state index contributed by atoms with van der Waals surface area (Å²) in [5.41, 5.74) is 0. The lowest BCUT2D eigenvalue weighted by Gasteiger charge is -2.17. The molecule has 0 aromatic rings. The monoisotopic (exact) mass is 270 g/mol. The van der Waals surface area contributed by atoms with Crippen LogP contribution in [0, 0.1) is 0 Å². The molecule has 0 unspecified atom stereocenters. The van der Waals surface area contributed by atoms with E-state index in [4.69, 9.17) is 5.11 Å². The minimum absolute atomic E-state index is 0.0499. The van der Waals surface area contributed by atoms with Crippen LogP contribution in [0.5, 0.6) is 0 Å². The third-order valence-corrected chi connectivity index (χ3v) is 2.14. The molecule has 0 aliphatic rings. The van der Waals surface area contributed by atoms with Gasteiger partial charge < -0.3 is 15.3 Å². The lowest BCUT2D eigenvalue weighted by Crippen LogP contribution is -2.38. The van der Waals surface area contributed by atoms with Crippen LogP contribution < -0.4 is 5.32 Å². The van der Waals surface area contributed by atoms with Crippen LogP contribution in [-0.2, 0) is 4.79 Å². The first-order valence-corrected chi connectivity index (χ1v) is 5.50. The van der Waals surface area contributed by atoms with Crippen molar-refractivity contribution in [1.29, 1.82) is 0 Å². The van der Waals surface area contributed by atoms with E-state index in [1.165, 1.54) is 11.9 Å². The maximum Gasteiger partial charge on any atom is 0.389 e. The highest BCUT2D eigenvalue weighted by Crippen LogP contribution is 2.20. The molecule has 0 fully saturated rings. The van der Waals surface area contributed by atoms with E-state index in [9.17, 15) is 22.8 Å². The molecular weight excluding hydrogens is 253 g/mol. The fourth-order valence-corrected chi connectivity index (χ4v) is 1.19. The number of nitrogens with zero attached hydrogens (tertiary/aromatic N) is 1. The summed E-state index contributed by atoms with van der Waals surface area (Å²) in [6.07, 6.45) is -5.06. The second-order valence-corrected chi connectivity index (χ2v) is 3.87. The van der Waals surface area contributed by atoms with Gasteiger partial charge in [-0.2, -0.15) is 13.2 Å². The second-order valence-electron chi connectivity index (χ2n) is 3.87. The van der Waals surface area contributed by atoms with Gasteiger partial charge in [0.15, 0.2) is 0 Å². The highest BCUT2D eigenvalue weighted by molar-refractivity contribution is 5.73. The fourth-order valence-electron chi connectivity index (χ4n) is 1.19. The van der Waals surface area contributed by atoms with Gasteiger partial charge >= 0.3 is 18.2 Å². The normalized spacial score (nSPS) is 11.1. The molecule has 5 nitrogen and oxygen atoms in total. The summed E-state index contributed by atoms with van der Waals surface area (Å²) in [7, 11) is 1.46. The molecule has 0 aliphatic carbocycles. The third-order valence-electron chi connectivity index (χ3n) is 2.14.